The Bertz CT molecular complexity index is 818. The molecule has 1 saturated carbocycles. The molecule has 0 aliphatic heterocycles. The first-order valence-corrected chi connectivity index (χ1v) is 11.0. The molecule has 28 heavy (non-hydrogen) atoms. The normalized spacial score (nSPS) is 22.4. The fourth-order valence-electron chi connectivity index (χ4n) is 3.66. The molecule has 0 unspecified atom stereocenters. The van der Waals surface area contributed by atoms with Gasteiger partial charge in [0, 0.05) is 12.0 Å². The van der Waals surface area contributed by atoms with Gasteiger partial charge in [0.25, 0.3) is 0 Å². The van der Waals surface area contributed by atoms with Crippen LogP contribution in [0.1, 0.15) is 41.9 Å². The highest BCUT2D eigenvalue weighted by Crippen LogP contribution is 2.43. The minimum atomic E-state index is -4.49. The Hall–Kier alpha value is -1.69. The molecule has 1 fully saturated rings. The summed E-state index contributed by atoms with van der Waals surface area (Å²) in [4.78, 5) is 17.8. The summed E-state index contributed by atoms with van der Waals surface area (Å²) in [6.45, 7) is 2.57. The van der Waals surface area contributed by atoms with Crippen LogP contribution in [-0.4, -0.2) is 28.5 Å². The topological polar surface area (TPSA) is 102 Å². The molecule has 1 aliphatic rings. The molecule has 0 saturated heterocycles. The van der Waals surface area contributed by atoms with Crippen LogP contribution in [0.4, 0.5) is 0 Å². The van der Waals surface area contributed by atoms with E-state index in [9.17, 15) is 4.57 Å². The van der Waals surface area contributed by atoms with Crippen molar-refractivity contribution in [3.8, 4) is 5.75 Å². The van der Waals surface area contributed by atoms with Crippen LogP contribution in [-0.2, 0) is 15.5 Å². The molecule has 1 aliphatic carbocycles. The first kappa shape index (κ1) is 21.0. The van der Waals surface area contributed by atoms with Gasteiger partial charge in [-0.25, -0.2) is 4.57 Å². The van der Waals surface area contributed by atoms with Crippen LogP contribution in [0.5, 0.6) is 5.75 Å². The van der Waals surface area contributed by atoms with Gasteiger partial charge >= 0.3 is 7.82 Å². The van der Waals surface area contributed by atoms with Gasteiger partial charge in [0.1, 0.15) is 5.75 Å². The molecule has 0 aromatic heterocycles. The van der Waals surface area contributed by atoms with Crippen LogP contribution in [0.15, 0.2) is 48.5 Å². The lowest BCUT2D eigenvalue weighted by Crippen LogP contribution is -2.41. The van der Waals surface area contributed by atoms with Crippen LogP contribution in [0.3, 0.4) is 0 Å². The Balaban J connectivity index is 1.49. The summed E-state index contributed by atoms with van der Waals surface area (Å²) in [6.07, 6.45) is 3.04. The Kier molecular flexibility index (Phi) is 6.58. The van der Waals surface area contributed by atoms with Crippen LogP contribution in [0, 0.1) is 6.92 Å². The average Bonchev–Trinajstić information content (AvgIpc) is 3.05. The number of hydrogen-bond donors (Lipinski definition) is 3. The van der Waals surface area contributed by atoms with Crippen molar-refractivity contribution in [1.29, 1.82) is 0 Å². The zero-order valence-electron chi connectivity index (χ0n) is 16.1. The van der Waals surface area contributed by atoms with Gasteiger partial charge in [-0.2, -0.15) is 0 Å². The molecule has 152 valence electrons. The predicted octanol–water partition coefficient (Wildman–Crippen LogP) is 3.69. The van der Waals surface area contributed by atoms with E-state index in [1.165, 1.54) is 11.1 Å². The van der Waals surface area contributed by atoms with E-state index in [2.05, 4.69) is 35.7 Å². The third-order valence-corrected chi connectivity index (χ3v) is 5.76. The number of phosphoric acid groups is 1. The average molecular weight is 405 g/mol. The van der Waals surface area contributed by atoms with Gasteiger partial charge < -0.3 is 20.3 Å². The lowest BCUT2D eigenvalue weighted by Gasteiger charge is -2.24. The van der Waals surface area contributed by atoms with Crippen molar-refractivity contribution < 1.29 is 23.6 Å². The van der Waals surface area contributed by atoms with Crippen molar-refractivity contribution in [2.45, 2.75) is 44.1 Å². The Morgan fingerprint density at radius 1 is 1.14 bits per heavy atom. The van der Waals surface area contributed by atoms with E-state index in [0.717, 1.165) is 24.2 Å². The van der Waals surface area contributed by atoms with Crippen LogP contribution in [0.2, 0.25) is 0 Å². The molecule has 0 heterocycles. The van der Waals surface area contributed by atoms with Gasteiger partial charge in [0.05, 0.1) is 13.2 Å². The summed E-state index contributed by atoms with van der Waals surface area (Å²) in [5.41, 5.74) is 9.23. The van der Waals surface area contributed by atoms with E-state index in [4.69, 9.17) is 20.3 Å². The van der Waals surface area contributed by atoms with Crippen LogP contribution < -0.4 is 10.5 Å². The number of phosphoric ester groups is 1. The molecule has 2 atom stereocenters. The van der Waals surface area contributed by atoms with Crippen LogP contribution >= 0.6 is 7.82 Å². The van der Waals surface area contributed by atoms with Crippen molar-refractivity contribution in [3.05, 3.63) is 65.2 Å². The maximum absolute atomic E-state index is 10.9. The number of aryl methyl sites for hydroxylation is 1. The maximum atomic E-state index is 10.9. The highest BCUT2D eigenvalue weighted by atomic mass is 31.2. The van der Waals surface area contributed by atoms with Gasteiger partial charge in [-0.15, -0.1) is 0 Å². The smallest absolute Gasteiger partial charge is 0.469 e. The first-order valence-electron chi connectivity index (χ1n) is 9.50. The zero-order valence-corrected chi connectivity index (χ0v) is 17.0. The molecule has 0 amide bonds. The summed E-state index contributed by atoms with van der Waals surface area (Å²) in [6, 6.07) is 16.5. The minimum absolute atomic E-state index is 0.131. The van der Waals surface area contributed by atoms with Gasteiger partial charge in [-0.05, 0) is 55.4 Å². The molecule has 0 radical (unpaired) electrons. The Morgan fingerprint density at radius 3 is 2.46 bits per heavy atom. The zero-order chi connectivity index (χ0) is 20.2. The largest absolute Gasteiger partial charge is 0.493 e. The number of benzene rings is 2. The molecule has 3 rings (SSSR count). The monoisotopic (exact) mass is 405 g/mol. The lowest BCUT2D eigenvalue weighted by atomic mass is 9.94. The molecular formula is C21H28NO5P. The molecule has 4 N–H and O–H groups in total. The molecular weight excluding hydrogens is 377 g/mol. The van der Waals surface area contributed by atoms with Gasteiger partial charge in [0.15, 0.2) is 0 Å². The Morgan fingerprint density at radius 2 is 1.82 bits per heavy atom. The Labute approximate surface area is 165 Å². The summed E-state index contributed by atoms with van der Waals surface area (Å²) < 4.78 is 21.4. The highest BCUT2D eigenvalue weighted by Gasteiger charge is 2.38. The maximum Gasteiger partial charge on any atom is 0.469 e. The van der Waals surface area contributed by atoms with Crippen molar-refractivity contribution in [3.63, 3.8) is 0 Å². The van der Waals surface area contributed by atoms with Crippen molar-refractivity contribution >= 4 is 7.82 Å². The number of hydrogen-bond acceptors (Lipinski definition) is 4. The molecule has 2 aromatic rings. The van der Waals surface area contributed by atoms with Crippen molar-refractivity contribution in [2.24, 2.45) is 5.73 Å². The predicted molar refractivity (Wildman–Crippen MR) is 108 cm³/mol. The summed E-state index contributed by atoms with van der Waals surface area (Å²) in [7, 11) is -4.49. The summed E-state index contributed by atoms with van der Waals surface area (Å²) in [5, 5.41) is 0. The number of rotatable bonds is 8. The van der Waals surface area contributed by atoms with E-state index in [1.54, 1.807) is 0 Å². The van der Waals surface area contributed by atoms with E-state index in [0.29, 0.717) is 19.4 Å². The quantitative estimate of drug-likeness (QED) is 0.579. The van der Waals surface area contributed by atoms with Crippen LogP contribution in [0.25, 0.3) is 0 Å². The number of ether oxygens (including phenoxy) is 1. The molecule has 2 aromatic carbocycles. The fraction of sp³-hybridized carbons (Fsp3) is 0.429. The minimum Gasteiger partial charge on any atom is -0.493 e. The molecule has 6 nitrogen and oxygen atoms in total. The second-order valence-corrected chi connectivity index (χ2v) is 8.96. The summed E-state index contributed by atoms with van der Waals surface area (Å²) in [5.74, 6) is 1.09. The van der Waals surface area contributed by atoms with E-state index in [1.807, 2.05) is 24.3 Å². The fourth-order valence-corrected chi connectivity index (χ4v) is 4.09. The van der Waals surface area contributed by atoms with Gasteiger partial charge in [-0.3, -0.25) is 4.52 Å². The van der Waals surface area contributed by atoms with E-state index < -0.39 is 13.4 Å². The number of nitrogens with two attached hydrogens (primary N) is 1. The lowest BCUT2D eigenvalue weighted by molar-refractivity contribution is 0.153. The van der Waals surface area contributed by atoms with E-state index in [-0.39, 0.29) is 12.5 Å². The highest BCUT2D eigenvalue weighted by molar-refractivity contribution is 7.46. The standard InChI is InChI=1S/C21H28NO5P/c1-16-2-4-17(5-3-16)11-13-26-20-8-6-18(7-9-20)19-10-12-21(22,14-19)15-27-28(23,24)25/h2-9,19H,10-15,22H2,1H3,(H2,23,24,25)/t19-,21+/m1/s1. The first-order chi connectivity index (χ1) is 13.2. The molecule has 0 spiro atoms. The van der Waals surface area contributed by atoms with E-state index >= 15 is 0 Å². The van der Waals surface area contributed by atoms with Gasteiger partial charge in [-0.1, -0.05) is 42.0 Å². The second-order valence-electron chi connectivity index (χ2n) is 7.72. The van der Waals surface area contributed by atoms with Gasteiger partial charge in [0.2, 0.25) is 0 Å². The SMILES string of the molecule is Cc1ccc(CCOc2ccc([C@@H]3CC[C@@](N)(COP(=O)(O)O)C3)cc2)cc1. The van der Waals surface area contributed by atoms with Crippen molar-refractivity contribution in [1.82, 2.24) is 0 Å². The summed E-state index contributed by atoms with van der Waals surface area (Å²) >= 11 is 0. The third kappa shape index (κ3) is 6.16. The third-order valence-electron chi connectivity index (χ3n) is 5.30. The molecule has 0 bridgehead atoms. The molecule has 7 heteroatoms. The second kappa shape index (κ2) is 8.76. The van der Waals surface area contributed by atoms with Crippen molar-refractivity contribution in [2.75, 3.05) is 13.2 Å².